The topological polar surface area (TPSA) is 66.8 Å². The Morgan fingerprint density at radius 1 is 1.52 bits per heavy atom. The van der Waals surface area contributed by atoms with Gasteiger partial charge in [-0.1, -0.05) is 41.6 Å². The number of rotatable bonds is 6. The summed E-state index contributed by atoms with van der Waals surface area (Å²) in [4.78, 5) is 24.8. The number of carbonyl (C=O) groups excluding carboxylic acids is 1. The minimum absolute atomic E-state index is 0.00416. The van der Waals surface area contributed by atoms with E-state index < -0.39 is 5.97 Å². The zero-order chi connectivity index (χ0) is 17.0. The molecule has 1 heterocycles. The first-order valence-electron chi connectivity index (χ1n) is 6.73. The number of amides is 1. The maximum absolute atomic E-state index is 12.3. The largest absolute Gasteiger partial charge is 0.495 e. The molecule has 0 bridgehead atoms. The highest BCUT2D eigenvalue weighted by molar-refractivity contribution is 8.26. The number of benzene rings is 1. The second-order valence-corrected chi connectivity index (χ2v) is 6.81. The van der Waals surface area contributed by atoms with Crippen LogP contribution in [0, 0.1) is 0 Å². The highest BCUT2D eigenvalue weighted by atomic mass is 35.5. The first-order chi connectivity index (χ1) is 10.9. The van der Waals surface area contributed by atoms with Crippen molar-refractivity contribution in [3.05, 3.63) is 33.7 Å². The van der Waals surface area contributed by atoms with Crippen molar-refractivity contribution in [3.63, 3.8) is 0 Å². The number of nitrogens with zero attached hydrogens (tertiary/aromatic N) is 1. The first kappa shape index (κ1) is 17.8. The van der Waals surface area contributed by atoms with Crippen LogP contribution in [0.5, 0.6) is 5.75 Å². The number of ether oxygens (including phenoxy) is 1. The Morgan fingerprint density at radius 3 is 2.87 bits per heavy atom. The van der Waals surface area contributed by atoms with Crippen LogP contribution in [0.3, 0.4) is 0 Å². The molecule has 1 N–H and O–H groups in total. The van der Waals surface area contributed by atoms with Gasteiger partial charge in [-0.25, -0.2) is 0 Å². The number of carbonyl (C=O) groups is 2. The van der Waals surface area contributed by atoms with Gasteiger partial charge in [0, 0.05) is 13.0 Å². The van der Waals surface area contributed by atoms with Crippen molar-refractivity contribution in [3.8, 4) is 5.75 Å². The lowest BCUT2D eigenvalue weighted by Gasteiger charge is -2.13. The standard InChI is InChI=1S/C15H14ClNO4S2/c1-21-11-5-4-9(7-10(11)16)8-12-14(20)17(15(22)23-12)6-2-3-13(18)19/h4-5,7-8H,2-3,6H2,1H3,(H,18,19). The third-order valence-electron chi connectivity index (χ3n) is 3.12. The van der Waals surface area contributed by atoms with E-state index >= 15 is 0 Å². The number of carboxylic acids is 1. The molecule has 2 rings (SSSR count). The van der Waals surface area contributed by atoms with Gasteiger partial charge in [0.25, 0.3) is 5.91 Å². The molecule has 0 atom stereocenters. The monoisotopic (exact) mass is 371 g/mol. The first-order valence-corrected chi connectivity index (χ1v) is 8.33. The Kier molecular flexibility index (Phi) is 6.04. The van der Waals surface area contributed by atoms with E-state index in [1.165, 1.54) is 23.8 Å². The van der Waals surface area contributed by atoms with Gasteiger partial charge in [0.2, 0.25) is 0 Å². The molecule has 0 aromatic heterocycles. The SMILES string of the molecule is COc1ccc(C=C2SC(=S)N(CCCC(=O)O)C2=O)cc1Cl. The molecule has 8 heteroatoms. The van der Waals surface area contributed by atoms with Crippen molar-refractivity contribution in [2.24, 2.45) is 0 Å². The van der Waals surface area contributed by atoms with E-state index in [1.54, 1.807) is 24.3 Å². The Hall–Kier alpha value is -1.57. The van der Waals surface area contributed by atoms with Gasteiger partial charge < -0.3 is 9.84 Å². The molecule has 0 aliphatic carbocycles. The van der Waals surface area contributed by atoms with Crippen LogP contribution < -0.4 is 4.74 Å². The van der Waals surface area contributed by atoms with E-state index in [1.807, 2.05) is 0 Å². The molecule has 23 heavy (non-hydrogen) atoms. The van der Waals surface area contributed by atoms with Gasteiger partial charge in [-0.15, -0.1) is 0 Å². The van der Waals surface area contributed by atoms with Crippen molar-refractivity contribution < 1.29 is 19.4 Å². The third-order valence-corrected chi connectivity index (χ3v) is 4.79. The molecule has 1 aliphatic rings. The molecule has 1 aromatic rings. The van der Waals surface area contributed by atoms with Crippen LogP contribution in [0.2, 0.25) is 5.02 Å². The number of methoxy groups -OCH3 is 1. The number of halogens is 1. The Morgan fingerprint density at radius 2 is 2.26 bits per heavy atom. The molecule has 0 unspecified atom stereocenters. The van der Waals surface area contributed by atoms with E-state index in [2.05, 4.69) is 0 Å². The van der Waals surface area contributed by atoms with Crippen LogP contribution in [0.1, 0.15) is 18.4 Å². The predicted molar refractivity (Wildman–Crippen MR) is 94.8 cm³/mol. The fraction of sp³-hybridized carbons (Fsp3) is 0.267. The van der Waals surface area contributed by atoms with Gasteiger partial charge in [0.15, 0.2) is 0 Å². The zero-order valence-corrected chi connectivity index (χ0v) is 14.6. The van der Waals surface area contributed by atoms with Crippen LogP contribution in [0.4, 0.5) is 0 Å². The molecule has 0 spiro atoms. The smallest absolute Gasteiger partial charge is 0.303 e. The van der Waals surface area contributed by atoms with E-state index in [0.717, 1.165) is 5.56 Å². The molecule has 1 fully saturated rings. The molecule has 1 aliphatic heterocycles. The number of hydrogen-bond donors (Lipinski definition) is 1. The summed E-state index contributed by atoms with van der Waals surface area (Å²) in [5, 5.41) is 9.12. The van der Waals surface area contributed by atoms with Crippen molar-refractivity contribution in [1.29, 1.82) is 0 Å². The van der Waals surface area contributed by atoms with Crippen LogP contribution in [-0.4, -0.2) is 39.9 Å². The van der Waals surface area contributed by atoms with Crippen LogP contribution >= 0.6 is 35.6 Å². The summed E-state index contributed by atoms with van der Waals surface area (Å²) in [6.07, 6.45) is 2.08. The fourth-order valence-electron chi connectivity index (χ4n) is 2.00. The molecule has 0 radical (unpaired) electrons. The second kappa shape index (κ2) is 7.81. The summed E-state index contributed by atoms with van der Waals surface area (Å²) in [5.41, 5.74) is 0.766. The average molecular weight is 372 g/mol. The van der Waals surface area contributed by atoms with Gasteiger partial charge in [-0.3, -0.25) is 14.5 Å². The molecule has 122 valence electrons. The minimum Gasteiger partial charge on any atom is -0.495 e. The van der Waals surface area contributed by atoms with Gasteiger partial charge in [-0.05, 0) is 30.2 Å². The van der Waals surface area contributed by atoms with Gasteiger partial charge in [-0.2, -0.15) is 0 Å². The molecule has 1 amide bonds. The number of hydrogen-bond acceptors (Lipinski definition) is 5. The highest BCUT2D eigenvalue weighted by Gasteiger charge is 2.31. The summed E-state index contributed by atoms with van der Waals surface area (Å²) < 4.78 is 5.52. The Balaban J connectivity index is 2.11. The molecule has 0 saturated carbocycles. The summed E-state index contributed by atoms with van der Waals surface area (Å²) in [6.45, 7) is 0.303. The van der Waals surface area contributed by atoms with Crippen molar-refractivity contribution >= 4 is 57.9 Å². The van der Waals surface area contributed by atoms with Crippen LogP contribution in [0.25, 0.3) is 6.08 Å². The number of carboxylic acid groups (broad SMARTS) is 1. The van der Waals surface area contributed by atoms with Crippen molar-refractivity contribution in [2.45, 2.75) is 12.8 Å². The molecule has 1 saturated heterocycles. The van der Waals surface area contributed by atoms with Gasteiger partial charge in [0.1, 0.15) is 10.1 Å². The van der Waals surface area contributed by atoms with E-state index in [4.69, 9.17) is 33.7 Å². The lowest BCUT2D eigenvalue weighted by Crippen LogP contribution is -2.29. The third kappa shape index (κ3) is 4.46. The molecule has 5 nitrogen and oxygen atoms in total. The number of thioether (sulfide) groups is 1. The van der Waals surface area contributed by atoms with Gasteiger partial charge >= 0.3 is 5.97 Å². The quantitative estimate of drug-likeness (QED) is 0.610. The lowest BCUT2D eigenvalue weighted by atomic mass is 10.2. The van der Waals surface area contributed by atoms with Crippen molar-refractivity contribution in [1.82, 2.24) is 4.90 Å². The summed E-state index contributed by atoms with van der Waals surface area (Å²) in [6, 6.07) is 5.22. The highest BCUT2D eigenvalue weighted by Crippen LogP contribution is 2.34. The molecular weight excluding hydrogens is 358 g/mol. The maximum atomic E-state index is 12.3. The predicted octanol–water partition coefficient (Wildman–Crippen LogP) is 3.41. The molecule has 1 aromatic carbocycles. The number of thiocarbonyl (C=S) groups is 1. The molecular formula is C15H14ClNO4S2. The van der Waals surface area contributed by atoms with E-state index in [-0.39, 0.29) is 12.3 Å². The Bertz CT molecular complexity index is 690. The summed E-state index contributed by atoms with van der Waals surface area (Å²) in [5.74, 6) is -0.541. The van der Waals surface area contributed by atoms with Crippen LogP contribution in [0.15, 0.2) is 23.1 Å². The van der Waals surface area contributed by atoms with Gasteiger partial charge in [0.05, 0.1) is 17.0 Å². The number of aliphatic carboxylic acids is 1. The normalized spacial score (nSPS) is 16.3. The average Bonchev–Trinajstić information content (AvgIpc) is 2.74. The Labute approximate surface area is 148 Å². The van der Waals surface area contributed by atoms with Crippen LogP contribution in [-0.2, 0) is 9.59 Å². The summed E-state index contributed by atoms with van der Waals surface area (Å²) in [7, 11) is 1.53. The lowest BCUT2D eigenvalue weighted by molar-refractivity contribution is -0.137. The summed E-state index contributed by atoms with van der Waals surface area (Å²) >= 11 is 12.5. The second-order valence-electron chi connectivity index (χ2n) is 4.72. The van der Waals surface area contributed by atoms with Crippen molar-refractivity contribution in [2.75, 3.05) is 13.7 Å². The fourth-order valence-corrected chi connectivity index (χ4v) is 3.58. The zero-order valence-electron chi connectivity index (χ0n) is 12.2. The van der Waals surface area contributed by atoms with E-state index in [9.17, 15) is 9.59 Å². The maximum Gasteiger partial charge on any atom is 0.303 e. The minimum atomic E-state index is -0.890. The van der Waals surface area contributed by atoms with E-state index in [0.29, 0.717) is 33.0 Å².